The molecule has 0 saturated carbocycles. The fourth-order valence-electron chi connectivity index (χ4n) is 3.70. The zero-order chi connectivity index (χ0) is 21.1. The third-order valence-electron chi connectivity index (χ3n) is 5.52. The number of H-pyrrole nitrogens is 1. The molecule has 0 radical (unpaired) electrons. The van der Waals surface area contributed by atoms with Gasteiger partial charge in [0, 0.05) is 38.1 Å². The average Bonchev–Trinajstić information content (AvgIpc) is 3.29. The zero-order valence-corrected chi connectivity index (χ0v) is 17.1. The number of amides is 1. The van der Waals surface area contributed by atoms with E-state index < -0.39 is 0 Å². The molecule has 30 heavy (non-hydrogen) atoms. The highest BCUT2D eigenvalue weighted by atomic mass is 16.1. The molecular formula is C21H25N7O2. The van der Waals surface area contributed by atoms with Gasteiger partial charge in [0.25, 0.3) is 11.5 Å². The number of rotatable bonds is 5. The van der Waals surface area contributed by atoms with E-state index in [0.29, 0.717) is 29.2 Å². The first-order chi connectivity index (χ1) is 14.6. The molecule has 0 aliphatic carbocycles. The Balaban J connectivity index is 1.40. The second-order valence-corrected chi connectivity index (χ2v) is 7.32. The Kier molecular flexibility index (Phi) is 5.60. The number of nitrogens with zero attached hydrogens (tertiary/aromatic N) is 5. The van der Waals surface area contributed by atoms with Crippen molar-refractivity contribution in [3.05, 3.63) is 58.4 Å². The number of piperidine rings is 1. The molecule has 0 bridgehead atoms. The Labute approximate surface area is 174 Å². The van der Waals surface area contributed by atoms with Crippen molar-refractivity contribution in [2.45, 2.75) is 32.2 Å². The maximum absolute atomic E-state index is 12.0. The topological polar surface area (TPSA) is 109 Å². The lowest BCUT2D eigenvalue weighted by molar-refractivity contribution is 0.0958. The van der Waals surface area contributed by atoms with Crippen LogP contribution in [0.15, 0.2) is 41.6 Å². The van der Waals surface area contributed by atoms with Gasteiger partial charge in [-0.2, -0.15) is 5.10 Å². The fourth-order valence-corrected chi connectivity index (χ4v) is 3.70. The number of aromatic amines is 1. The summed E-state index contributed by atoms with van der Waals surface area (Å²) in [6.45, 7) is 3.68. The summed E-state index contributed by atoms with van der Waals surface area (Å²) in [5.41, 5.74) is 2.66. The van der Waals surface area contributed by atoms with Crippen LogP contribution in [-0.4, -0.2) is 50.8 Å². The lowest BCUT2D eigenvalue weighted by atomic mass is 10.0. The summed E-state index contributed by atoms with van der Waals surface area (Å²) in [7, 11) is 1.59. The smallest absolute Gasteiger partial charge is 0.269 e. The van der Waals surface area contributed by atoms with Crippen LogP contribution in [0.1, 0.15) is 41.9 Å². The number of pyridine rings is 1. The van der Waals surface area contributed by atoms with Crippen LogP contribution >= 0.6 is 0 Å². The first-order valence-electron chi connectivity index (χ1n) is 10.2. The second-order valence-electron chi connectivity index (χ2n) is 7.32. The van der Waals surface area contributed by atoms with Gasteiger partial charge < -0.3 is 15.2 Å². The van der Waals surface area contributed by atoms with Crippen LogP contribution in [0.5, 0.6) is 0 Å². The number of nitrogens with one attached hydrogen (secondary N) is 2. The van der Waals surface area contributed by atoms with Crippen LogP contribution in [0.3, 0.4) is 0 Å². The van der Waals surface area contributed by atoms with Gasteiger partial charge in [0.15, 0.2) is 5.82 Å². The number of anilines is 1. The van der Waals surface area contributed by atoms with Crippen LogP contribution in [0.4, 0.5) is 5.69 Å². The van der Waals surface area contributed by atoms with Gasteiger partial charge in [0.05, 0.1) is 17.9 Å². The number of hydrogen-bond acceptors (Lipinski definition) is 6. The van der Waals surface area contributed by atoms with E-state index in [2.05, 4.69) is 30.3 Å². The van der Waals surface area contributed by atoms with E-state index >= 15 is 0 Å². The molecule has 0 unspecified atom stereocenters. The molecule has 0 spiro atoms. The zero-order valence-electron chi connectivity index (χ0n) is 17.1. The summed E-state index contributed by atoms with van der Waals surface area (Å²) < 4.78 is 1.97. The van der Waals surface area contributed by atoms with Gasteiger partial charge in [-0.1, -0.05) is 6.92 Å². The maximum Gasteiger partial charge on any atom is 0.269 e. The molecule has 4 heterocycles. The molecule has 1 aliphatic heterocycles. The molecule has 4 rings (SSSR count). The quantitative estimate of drug-likeness (QED) is 0.667. The number of carbonyl (C=O) groups is 1. The maximum atomic E-state index is 12.0. The number of hydrogen-bond donors (Lipinski definition) is 2. The standard InChI is InChI=1S/C21H25N7O2/c1-3-14-12-24-19(25-20(14)29)17-8-11-28(26-17)15-6-9-27(10-7-15)16-4-5-18(23-13-16)21(30)22-2/h4-5,8,11-13,15H,3,6-7,9-10H2,1-2H3,(H,22,30)(H,24,25,29). The minimum Gasteiger partial charge on any atom is -0.370 e. The molecule has 3 aromatic rings. The Morgan fingerprint density at radius 1 is 1.20 bits per heavy atom. The summed E-state index contributed by atoms with van der Waals surface area (Å²) in [6.07, 6.45) is 7.85. The van der Waals surface area contributed by atoms with Gasteiger partial charge >= 0.3 is 0 Å². The van der Waals surface area contributed by atoms with E-state index in [4.69, 9.17) is 0 Å². The molecule has 2 N–H and O–H groups in total. The molecule has 9 heteroatoms. The summed E-state index contributed by atoms with van der Waals surface area (Å²) in [4.78, 5) is 37.3. The molecule has 0 atom stereocenters. The van der Waals surface area contributed by atoms with Gasteiger partial charge in [-0.25, -0.2) is 9.97 Å². The third-order valence-corrected chi connectivity index (χ3v) is 5.52. The van der Waals surface area contributed by atoms with E-state index in [-0.39, 0.29) is 17.5 Å². The van der Waals surface area contributed by atoms with Crippen molar-refractivity contribution < 1.29 is 4.79 Å². The summed E-state index contributed by atoms with van der Waals surface area (Å²) >= 11 is 0. The summed E-state index contributed by atoms with van der Waals surface area (Å²) in [5.74, 6) is 0.311. The lowest BCUT2D eigenvalue weighted by Crippen LogP contribution is -2.35. The van der Waals surface area contributed by atoms with Crippen molar-refractivity contribution in [1.82, 2.24) is 30.0 Å². The predicted octanol–water partition coefficient (Wildman–Crippen LogP) is 1.79. The lowest BCUT2D eigenvalue weighted by Gasteiger charge is -2.33. The minimum absolute atomic E-state index is 0.110. The minimum atomic E-state index is -0.185. The van der Waals surface area contributed by atoms with Gasteiger partial charge in [-0.15, -0.1) is 0 Å². The Morgan fingerprint density at radius 2 is 2.00 bits per heavy atom. The fraction of sp³-hybridized carbons (Fsp3) is 0.381. The van der Waals surface area contributed by atoms with Gasteiger partial charge in [0.2, 0.25) is 0 Å². The van der Waals surface area contributed by atoms with Crippen molar-refractivity contribution in [2.24, 2.45) is 0 Å². The van der Waals surface area contributed by atoms with E-state index in [0.717, 1.165) is 31.6 Å². The second kappa shape index (κ2) is 8.48. The molecular weight excluding hydrogens is 382 g/mol. The Bertz CT molecular complexity index is 1080. The molecule has 9 nitrogen and oxygen atoms in total. The average molecular weight is 407 g/mol. The predicted molar refractivity (Wildman–Crippen MR) is 114 cm³/mol. The normalized spacial score (nSPS) is 14.7. The summed E-state index contributed by atoms with van der Waals surface area (Å²) in [6, 6.07) is 5.86. The number of aryl methyl sites for hydroxylation is 1. The Hall–Kier alpha value is -3.49. The van der Waals surface area contributed by atoms with Crippen LogP contribution in [-0.2, 0) is 6.42 Å². The van der Waals surface area contributed by atoms with Crippen LogP contribution in [0, 0.1) is 0 Å². The molecule has 0 aromatic carbocycles. The number of aromatic nitrogens is 5. The van der Waals surface area contributed by atoms with Crippen molar-refractivity contribution in [2.75, 3.05) is 25.0 Å². The molecule has 3 aromatic heterocycles. The number of carbonyl (C=O) groups excluding carboxylic acids is 1. The van der Waals surface area contributed by atoms with E-state index in [1.165, 1.54) is 0 Å². The largest absolute Gasteiger partial charge is 0.370 e. The van der Waals surface area contributed by atoms with E-state index in [1.54, 1.807) is 25.5 Å². The molecule has 156 valence electrons. The van der Waals surface area contributed by atoms with Crippen molar-refractivity contribution in [1.29, 1.82) is 0 Å². The van der Waals surface area contributed by atoms with E-state index in [1.807, 2.05) is 29.9 Å². The summed E-state index contributed by atoms with van der Waals surface area (Å²) in [5, 5.41) is 7.23. The highest BCUT2D eigenvalue weighted by molar-refractivity contribution is 5.92. The van der Waals surface area contributed by atoms with Gasteiger partial charge in [-0.3, -0.25) is 14.3 Å². The van der Waals surface area contributed by atoms with Crippen LogP contribution in [0.25, 0.3) is 11.5 Å². The Morgan fingerprint density at radius 3 is 2.63 bits per heavy atom. The van der Waals surface area contributed by atoms with Gasteiger partial charge in [-0.05, 0) is 37.5 Å². The molecule has 1 fully saturated rings. The monoisotopic (exact) mass is 407 g/mol. The molecule has 1 aliphatic rings. The van der Waals surface area contributed by atoms with Crippen molar-refractivity contribution in [3.8, 4) is 11.5 Å². The van der Waals surface area contributed by atoms with Crippen LogP contribution < -0.4 is 15.8 Å². The highest BCUT2D eigenvalue weighted by Crippen LogP contribution is 2.26. The first-order valence-corrected chi connectivity index (χ1v) is 10.2. The third kappa shape index (κ3) is 3.96. The molecule has 1 amide bonds. The van der Waals surface area contributed by atoms with Crippen LogP contribution in [0.2, 0.25) is 0 Å². The van der Waals surface area contributed by atoms with Crippen molar-refractivity contribution >= 4 is 11.6 Å². The SMILES string of the molecule is CCc1cnc(-c2ccn(C3CCN(c4ccc(C(=O)NC)nc4)CC3)n2)[nH]c1=O. The first kappa shape index (κ1) is 19.8. The van der Waals surface area contributed by atoms with Gasteiger partial charge in [0.1, 0.15) is 11.4 Å². The molecule has 1 saturated heterocycles. The van der Waals surface area contributed by atoms with E-state index in [9.17, 15) is 9.59 Å². The van der Waals surface area contributed by atoms with Crippen molar-refractivity contribution in [3.63, 3.8) is 0 Å². The highest BCUT2D eigenvalue weighted by Gasteiger charge is 2.22.